The van der Waals surface area contributed by atoms with E-state index in [4.69, 9.17) is 0 Å². The molecule has 0 spiro atoms. The zero-order valence-electron chi connectivity index (χ0n) is 15.5. The highest BCUT2D eigenvalue weighted by molar-refractivity contribution is 7.73. The van der Waals surface area contributed by atoms with E-state index in [1.54, 1.807) is 0 Å². The Kier molecular flexibility index (Phi) is 19.5. The van der Waals surface area contributed by atoms with E-state index in [1.165, 1.54) is 96.1 Å². The molecule has 0 amide bonds. The van der Waals surface area contributed by atoms with E-state index in [9.17, 15) is 0 Å². The van der Waals surface area contributed by atoms with Gasteiger partial charge in [-0.2, -0.15) is 0 Å². The molecular formula is C19H43ClP+. The lowest BCUT2D eigenvalue weighted by Gasteiger charge is -2.10. The first-order valence-corrected chi connectivity index (χ1v) is 12.7. The molecule has 0 aliphatic heterocycles. The summed E-state index contributed by atoms with van der Waals surface area (Å²) in [5.41, 5.74) is 0. The number of hydrogen-bond donors (Lipinski definition) is 0. The topological polar surface area (TPSA) is 0 Å². The van der Waals surface area contributed by atoms with E-state index in [0.717, 1.165) is 0 Å². The van der Waals surface area contributed by atoms with Crippen molar-refractivity contribution in [2.24, 2.45) is 0 Å². The molecule has 130 valence electrons. The fourth-order valence-corrected chi connectivity index (χ4v) is 3.95. The van der Waals surface area contributed by atoms with Gasteiger partial charge < -0.3 is 0 Å². The van der Waals surface area contributed by atoms with Crippen LogP contribution in [0.5, 0.6) is 0 Å². The Morgan fingerprint density at radius 1 is 0.476 bits per heavy atom. The third-order valence-corrected chi connectivity index (χ3v) is 5.84. The van der Waals surface area contributed by atoms with Crippen molar-refractivity contribution in [3.8, 4) is 0 Å². The molecule has 0 aromatic carbocycles. The molecule has 0 bridgehead atoms. The van der Waals surface area contributed by atoms with Crippen LogP contribution >= 0.6 is 19.7 Å². The number of unbranched alkanes of at least 4 members (excludes halogenated alkanes) is 13. The van der Waals surface area contributed by atoms with Gasteiger partial charge in [-0.15, -0.1) is 12.4 Å². The van der Waals surface area contributed by atoms with E-state index < -0.39 is 7.26 Å². The molecule has 0 aliphatic rings. The lowest BCUT2D eigenvalue weighted by Crippen LogP contribution is -1.92. The molecule has 0 aromatic heterocycles. The highest BCUT2D eigenvalue weighted by Gasteiger charge is 2.15. The van der Waals surface area contributed by atoms with Gasteiger partial charge in [-0.3, -0.25) is 0 Å². The average molecular weight is 338 g/mol. The van der Waals surface area contributed by atoms with Crippen molar-refractivity contribution in [2.75, 3.05) is 26.2 Å². The van der Waals surface area contributed by atoms with Crippen molar-refractivity contribution in [3.05, 3.63) is 0 Å². The van der Waals surface area contributed by atoms with E-state index in [0.29, 0.717) is 0 Å². The maximum absolute atomic E-state index is 2.47. The minimum Gasteiger partial charge on any atom is -0.147 e. The summed E-state index contributed by atoms with van der Waals surface area (Å²) >= 11 is 0. The van der Waals surface area contributed by atoms with Gasteiger partial charge in [0.25, 0.3) is 0 Å². The highest BCUT2D eigenvalue weighted by Crippen LogP contribution is 2.47. The third-order valence-electron chi connectivity index (χ3n) is 4.18. The Labute approximate surface area is 143 Å². The van der Waals surface area contributed by atoms with E-state index >= 15 is 0 Å². The van der Waals surface area contributed by atoms with Crippen LogP contribution in [0.3, 0.4) is 0 Å². The molecule has 0 aliphatic carbocycles. The van der Waals surface area contributed by atoms with Crippen LogP contribution in [-0.4, -0.2) is 26.2 Å². The summed E-state index contributed by atoms with van der Waals surface area (Å²) in [5.74, 6) is 0. The van der Waals surface area contributed by atoms with Crippen LogP contribution in [0.2, 0.25) is 0 Å². The molecule has 0 unspecified atom stereocenters. The number of hydrogen-bond acceptors (Lipinski definition) is 0. The lowest BCUT2D eigenvalue weighted by atomic mass is 10.0. The van der Waals surface area contributed by atoms with Crippen LogP contribution in [0.25, 0.3) is 0 Å². The summed E-state index contributed by atoms with van der Waals surface area (Å²) in [6, 6.07) is 0. The van der Waals surface area contributed by atoms with Crippen molar-refractivity contribution >= 4 is 19.7 Å². The van der Waals surface area contributed by atoms with Crippen molar-refractivity contribution in [1.29, 1.82) is 0 Å². The number of halogens is 1. The summed E-state index contributed by atoms with van der Waals surface area (Å²) in [4.78, 5) is 0. The molecule has 0 aromatic rings. The summed E-state index contributed by atoms with van der Waals surface area (Å²) in [7, 11) is -0.500. The van der Waals surface area contributed by atoms with Gasteiger partial charge in [-0.25, -0.2) is 0 Å². The van der Waals surface area contributed by atoms with Gasteiger partial charge in [0.1, 0.15) is 0 Å². The molecule has 21 heavy (non-hydrogen) atoms. The minimum absolute atomic E-state index is 0. The second-order valence-electron chi connectivity index (χ2n) is 7.61. The quantitative estimate of drug-likeness (QED) is 0.211. The molecule has 0 fully saturated rings. The zero-order chi connectivity index (χ0) is 15.1. The molecular weight excluding hydrogens is 295 g/mol. The largest absolute Gasteiger partial charge is 0.147 e. The van der Waals surface area contributed by atoms with Gasteiger partial charge in [0.05, 0.1) is 6.16 Å². The Morgan fingerprint density at radius 2 is 0.762 bits per heavy atom. The molecule has 0 N–H and O–H groups in total. The fraction of sp³-hybridized carbons (Fsp3) is 1.00. The second-order valence-corrected chi connectivity index (χ2v) is 12.6. The predicted octanol–water partition coefficient (Wildman–Crippen LogP) is 7.80. The Hall–Kier alpha value is 0.720. The third kappa shape index (κ3) is 23.1. The SMILES string of the molecule is CCCCCCCCCCCCCCCC[P+](C)(C)C.Cl. The monoisotopic (exact) mass is 337 g/mol. The van der Waals surface area contributed by atoms with Crippen LogP contribution < -0.4 is 0 Å². The molecule has 0 saturated heterocycles. The van der Waals surface area contributed by atoms with E-state index in [2.05, 4.69) is 26.9 Å². The summed E-state index contributed by atoms with van der Waals surface area (Å²) in [6.07, 6.45) is 22.1. The van der Waals surface area contributed by atoms with Crippen LogP contribution in [-0.2, 0) is 0 Å². The van der Waals surface area contributed by atoms with Crippen LogP contribution in [0.15, 0.2) is 0 Å². The van der Waals surface area contributed by atoms with Crippen LogP contribution in [0, 0.1) is 0 Å². The van der Waals surface area contributed by atoms with Crippen LogP contribution in [0.4, 0.5) is 0 Å². The summed E-state index contributed by atoms with van der Waals surface area (Å²) in [6.45, 7) is 9.70. The Balaban J connectivity index is 0. The standard InChI is InChI=1S/C19H42P.ClH/c1-5-6-7-8-9-10-11-12-13-14-15-16-17-18-19-20(2,3)4;/h5-19H2,1-4H3;1H/q+1;. The molecule has 0 radical (unpaired) electrons. The van der Waals surface area contributed by atoms with Gasteiger partial charge in [0.15, 0.2) is 0 Å². The molecule has 0 saturated carbocycles. The van der Waals surface area contributed by atoms with Crippen LogP contribution in [0.1, 0.15) is 96.8 Å². The first kappa shape index (κ1) is 24.0. The normalized spacial score (nSPS) is 11.4. The average Bonchev–Trinajstić information content (AvgIpc) is 2.38. The smallest absolute Gasteiger partial charge is 0.0586 e. The minimum atomic E-state index is -0.500. The van der Waals surface area contributed by atoms with Crippen molar-refractivity contribution < 1.29 is 0 Å². The zero-order valence-corrected chi connectivity index (χ0v) is 17.2. The summed E-state index contributed by atoms with van der Waals surface area (Å²) < 4.78 is 0. The predicted molar refractivity (Wildman–Crippen MR) is 107 cm³/mol. The first-order chi connectivity index (χ1) is 9.56. The van der Waals surface area contributed by atoms with Gasteiger partial charge >= 0.3 is 0 Å². The molecule has 0 heterocycles. The van der Waals surface area contributed by atoms with E-state index in [1.807, 2.05) is 0 Å². The maximum atomic E-state index is 2.47. The van der Waals surface area contributed by atoms with Crippen molar-refractivity contribution in [2.45, 2.75) is 96.8 Å². The second kappa shape index (κ2) is 17.1. The molecule has 2 heteroatoms. The van der Waals surface area contributed by atoms with Gasteiger partial charge in [0.2, 0.25) is 0 Å². The summed E-state index contributed by atoms with van der Waals surface area (Å²) in [5, 5.41) is 0. The fourth-order valence-electron chi connectivity index (χ4n) is 2.78. The Bertz CT molecular complexity index is 186. The molecule has 0 atom stereocenters. The lowest BCUT2D eigenvalue weighted by molar-refractivity contribution is 0.538. The molecule has 0 nitrogen and oxygen atoms in total. The first-order valence-electron chi connectivity index (χ1n) is 9.36. The van der Waals surface area contributed by atoms with Gasteiger partial charge in [-0.05, 0) is 12.8 Å². The van der Waals surface area contributed by atoms with E-state index in [-0.39, 0.29) is 12.4 Å². The Morgan fingerprint density at radius 3 is 1.05 bits per heavy atom. The van der Waals surface area contributed by atoms with Crippen molar-refractivity contribution in [1.82, 2.24) is 0 Å². The molecule has 0 rings (SSSR count). The maximum Gasteiger partial charge on any atom is 0.0586 e. The number of rotatable bonds is 15. The highest BCUT2D eigenvalue weighted by atomic mass is 35.5. The van der Waals surface area contributed by atoms with Gasteiger partial charge in [-0.1, -0.05) is 84.0 Å². The van der Waals surface area contributed by atoms with Crippen molar-refractivity contribution in [3.63, 3.8) is 0 Å². The van der Waals surface area contributed by atoms with Gasteiger partial charge in [0, 0.05) is 27.3 Å².